The molecule has 0 spiro atoms. The molecular formula is C11H14N2O2S. The number of hydrogen-bond donors (Lipinski definition) is 2. The molecule has 0 bridgehead atoms. The van der Waals surface area contributed by atoms with Crippen molar-refractivity contribution >= 4 is 20.9 Å². The third-order valence-electron chi connectivity index (χ3n) is 2.63. The first-order valence-electron chi connectivity index (χ1n) is 5.04. The predicted molar refractivity (Wildman–Crippen MR) is 64.7 cm³/mol. The molecule has 4 nitrogen and oxygen atoms in total. The number of hydrogen-bond acceptors (Lipinski definition) is 2. The zero-order chi connectivity index (χ0) is 11.8. The van der Waals surface area contributed by atoms with Crippen LogP contribution in [0.2, 0.25) is 0 Å². The molecule has 2 aromatic rings. The number of aromatic nitrogens is 1. The largest absolute Gasteiger partial charge is 0.361 e. The first kappa shape index (κ1) is 11.2. The zero-order valence-electron chi connectivity index (χ0n) is 8.97. The van der Waals surface area contributed by atoms with Crippen molar-refractivity contribution in [1.82, 2.24) is 4.98 Å². The van der Waals surface area contributed by atoms with Crippen molar-refractivity contribution in [2.45, 2.75) is 12.8 Å². The lowest BCUT2D eigenvalue weighted by atomic mass is 10.0. The highest BCUT2D eigenvalue weighted by molar-refractivity contribution is 7.89. The molecule has 3 N–H and O–H groups in total. The third kappa shape index (κ3) is 2.25. The van der Waals surface area contributed by atoms with Crippen LogP contribution in [0.4, 0.5) is 0 Å². The molecule has 5 heteroatoms. The second kappa shape index (κ2) is 3.92. The van der Waals surface area contributed by atoms with Crippen LogP contribution in [0.5, 0.6) is 0 Å². The summed E-state index contributed by atoms with van der Waals surface area (Å²) in [5, 5.41) is 6.10. The standard InChI is InChI=1S/C11H14N2O2S/c1-8(7-16(12,14)15)10-6-13-11-5-3-2-4-9(10)11/h2-6,8,13H,7H2,1H3,(H2,12,14,15). The lowest BCUT2D eigenvalue weighted by Gasteiger charge is -2.08. The van der Waals surface area contributed by atoms with Crippen molar-refractivity contribution < 1.29 is 8.42 Å². The minimum Gasteiger partial charge on any atom is -0.361 e. The summed E-state index contributed by atoms with van der Waals surface area (Å²) in [6.45, 7) is 1.86. The monoisotopic (exact) mass is 238 g/mol. The molecule has 1 aromatic heterocycles. The van der Waals surface area contributed by atoms with Gasteiger partial charge in [-0.3, -0.25) is 0 Å². The van der Waals surface area contributed by atoms with Gasteiger partial charge in [0.1, 0.15) is 0 Å². The second-order valence-electron chi connectivity index (χ2n) is 4.02. The van der Waals surface area contributed by atoms with Gasteiger partial charge in [0.2, 0.25) is 10.0 Å². The van der Waals surface area contributed by atoms with Gasteiger partial charge in [0.15, 0.2) is 0 Å². The van der Waals surface area contributed by atoms with Gasteiger partial charge in [-0.15, -0.1) is 0 Å². The summed E-state index contributed by atoms with van der Waals surface area (Å²) in [6, 6.07) is 7.81. The van der Waals surface area contributed by atoms with Gasteiger partial charge in [-0.2, -0.15) is 0 Å². The third-order valence-corrected chi connectivity index (χ3v) is 3.60. The molecule has 0 radical (unpaired) electrons. The maximum atomic E-state index is 11.0. The van der Waals surface area contributed by atoms with Crippen molar-refractivity contribution in [2.75, 3.05) is 5.75 Å². The Labute approximate surface area is 94.5 Å². The van der Waals surface area contributed by atoms with E-state index >= 15 is 0 Å². The molecule has 1 unspecified atom stereocenters. The average molecular weight is 238 g/mol. The lowest BCUT2D eigenvalue weighted by Crippen LogP contribution is -2.20. The summed E-state index contributed by atoms with van der Waals surface area (Å²) in [4.78, 5) is 3.12. The van der Waals surface area contributed by atoms with Gasteiger partial charge in [-0.05, 0) is 17.5 Å². The minimum atomic E-state index is -3.43. The van der Waals surface area contributed by atoms with Crippen molar-refractivity contribution in [3.8, 4) is 0 Å². The Kier molecular flexibility index (Phi) is 2.73. The summed E-state index contributed by atoms with van der Waals surface area (Å²) in [5.74, 6) is -0.138. The van der Waals surface area contributed by atoms with Gasteiger partial charge in [-0.25, -0.2) is 13.6 Å². The van der Waals surface area contributed by atoms with Crippen LogP contribution in [-0.2, 0) is 10.0 Å². The molecule has 1 atom stereocenters. The number of H-pyrrole nitrogens is 1. The molecule has 0 saturated heterocycles. The normalized spacial score (nSPS) is 14.1. The molecular weight excluding hydrogens is 224 g/mol. The Morgan fingerprint density at radius 2 is 2.06 bits per heavy atom. The molecule has 1 aromatic carbocycles. The number of aromatic amines is 1. The average Bonchev–Trinajstić information content (AvgIpc) is 2.58. The van der Waals surface area contributed by atoms with E-state index in [0.717, 1.165) is 16.5 Å². The van der Waals surface area contributed by atoms with E-state index in [1.54, 1.807) is 0 Å². The Balaban J connectivity index is 2.40. The Bertz CT molecular complexity index is 601. The number of nitrogens with two attached hydrogens (primary N) is 1. The van der Waals surface area contributed by atoms with Crippen LogP contribution in [0.1, 0.15) is 18.4 Å². The van der Waals surface area contributed by atoms with Crippen LogP contribution in [0.3, 0.4) is 0 Å². The zero-order valence-corrected chi connectivity index (χ0v) is 9.79. The van der Waals surface area contributed by atoms with Crippen LogP contribution in [0.25, 0.3) is 10.9 Å². The highest BCUT2D eigenvalue weighted by Crippen LogP contribution is 2.25. The van der Waals surface area contributed by atoms with Gasteiger partial charge in [0.05, 0.1) is 5.75 Å². The van der Waals surface area contributed by atoms with Crippen molar-refractivity contribution in [1.29, 1.82) is 0 Å². The van der Waals surface area contributed by atoms with E-state index in [-0.39, 0.29) is 11.7 Å². The molecule has 16 heavy (non-hydrogen) atoms. The van der Waals surface area contributed by atoms with E-state index < -0.39 is 10.0 Å². The van der Waals surface area contributed by atoms with Gasteiger partial charge in [0.25, 0.3) is 0 Å². The summed E-state index contributed by atoms with van der Waals surface area (Å²) in [7, 11) is -3.43. The SMILES string of the molecule is CC(CS(N)(=O)=O)c1c[nH]c2ccccc12. The van der Waals surface area contributed by atoms with Crippen molar-refractivity contribution in [3.63, 3.8) is 0 Å². The van der Waals surface area contributed by atoms with Gasteiger partial charge < -0.3 is 4.98 Å². The van der Waals surface area contributed by atoms with Gasteiger partial charge in [0, 0.05) is 17.1 Å². The van der Waals surface area contributed by atoms with E-state index in [9.17, 15) is 8.42 Å². The van der Waals surface area contributed by atoms with E-state index in [4.69, 9.17) is 5.14 Å². The number of para-hydroxylation sites is 1. The van der Waals surface area contributed by atoms with E-state index in [1.807, 2.05) is 37.4 Å². The number of rotatable bonds is 3. The second-order valence-corrected chi connectivity index (χ2v) is 5.68. The van der Waals surface area contributed by atoms with Crippen LogP contribution < -0.4 is 5.14 Å². The summed E-state index contributed by atoms with van der Waals surface area (Å²) < 4.78 is 22.1. The van der Waals surface area contributed by atoms with E-state index in [2.05, 4.69) is 4.98 Å². The summed E-state index contributed by atoms with van der Waals surface area (Å²) in [5.41, 5.74) is 2.00. The van der Waals surface area contributed by atoms with Crippen LogP contribution in [-0.4, -0.2) is 19.2 Å². The smallest absolute Gasteiger partial charge is 0.209 e. The molecule has 0 aliphatic carbocycles. The van der Waals surface area contributed by atoms with Crippen LogP contribution in [0.15, 0.2) is 30.5 Å². The Morgan fingerprint density at radius 1 is 1.38 bits per heavy atom. The molecule has 2 rings (SSSR count). The number of benzene rings is 1. The van der Waals surface area contributed by atoms with Gasteiger partial charge in [-0.1, -0.05) is 25.1 Å². The van der Waals surface area contributed by atoms with Crippen molar-refractivity contribution in [2.24, 2.45) is 5.14 Å². The van der Waals surface area contributed by atoms with Crippen LogP contribution in [0, 0.1) is 0 Å². The molecule has 1 heterocycles. The fraction of sp³-hybridized carbons (Fsp3) is 0.273. The predicted octanol–water partition coefficient (Wildman–Crippen LogP) is 1.56. The Morgan fingerprint density at radius 3 is 2.75 bits per heavy atom. The molecule has 0 saturated carbocycles. The quantitative estimate of drug-likeness (QED) is 0.851. The molecule has 0 amide bonds. The first-order chi connectivity index (χ1) is 7.47. The highest BCUT2D eigenvalue weighted by Gasteiger charge is 2.16. The summed E-state index contributed by atoms with van der Waals surface area (Å²) in [6.07, 6.45) is 1.85. The molecule has 86 valence electrons. The van der Waals surface area contributed by atoms with E-state index in [1.165, 1.54) is 0 Å². The van der Waals surface area contributed by atoms with Crippen LogP contribution >= 0.6 is 0 Å². The van der Waals surface area contributed by atoms with Gasteiger partial charge >= 0.3 is 0 Å². The minimum absolute atomic E-state index is 0.0329. The number of nitrogens with one attached hydrogen (secondary N) is 1. The maximum absolute atomic E-state index is 11.0. The van der Waals surface area contributed by atoms with E-state index in [0.29, 0.717) is 0 Å². The highest BCUT2D eigenvalue weighted by atomic mass is 32.2. The summed E-state index contributed by atoms with van der Waals surface area (Å²) >= 11 is 0. The Hall–Kier alpha value is -1.33. The van der Waals surface area contributed by atoms with Crippen molar-refractivity contribution in [3.05, 3.63) is 36.0 Å². The number of fused-ring (bicyclic) bond motifs is 1. The topological polar surface area (TPSA) is 76.0 Å². The lowest BCUT2D eigenvalue weighted by molar-refractivity contribution is 0.592. The number of primary sulfonamides is 1. The molecule has 0 fully saturated rings. The fourth-order valence-electron chi connectivity index (χ4n) is 1.94. The fourth-order valence-corrected chi connectivity index (χ4v) is 2.82. The first-order valence-corrected chi connectivity index (χ1v) is 6.75. The molecule has 0 aliphatic heterocycles. The molecule has 0 aliphatic rings. The number of sulfonamides is 1. The maximum Gasteiger partial charge on any atom is 0.209 e.